The van der Waals surface area contributed by atoms with Crippen LogP contribution in [0.1, 0.15) is 11.1 Å². The molecule has 0 aromatic heterocycles. The quantitative estimate of drug-likeness (QED) is 0.623. The molecule has 0 saturated carbocycles. The molecule has 0 heterocycles. The Morgan fingerprint density at radius 1 is 0.667 bits per heavy atom. The molecule has 2 rings (SSSR count). The Balaban J connectivity index is 0.000000479. The van der Waals surface area contributed by atoms with Crippen LogP contribution in [0, 0.1) is 13.8 Å². The van der Waals surface area contributed by atoms with Gasteiger partial charge in [-0.25, -0.2) is 19.2 Å². The third-order valence-corrected chi connectivity index (χ3v) is 2.86. The lowest BCUT2D eigenvalue weighted by Crippen LogP contribution is -2.05. The summed E-state index contributed by atoms with van der Waals surface area (Å²) in [5.74, 6) is 0.650. The van der Waals surface area contributed by atoms with E-state index in [9.17, 15) is 19.2 Å². The highest BCUT2D eigenvalue weighted by molar-refractivity contribution is 5.76. The highest BCUT2D eigenvalue weighted by Gasteiger charge is 2.07. The van der Waals surface area contributed by atoms with Crippen molar-refractivity contribution in [3.63, 3.8) is 0 Å². The zero-order valence-corrected chi connectivity index (χ0v) is 15.8. The van der Waals surface area contributed by atoms with Crippen molar-refractivity contribution in [1.29, 1.82) is 0 Å². The van der Waals surface area contributed by atoms with Gasteiger partial charge in [0.05, 0.1) is 0 Å². The van der Waals surface area contributed by atoms with Gasteiger partial charge in [-0.3, -0.25) is 0 Å². The number of rotatable bonds is 2. The Hall–Kier alpha value is -4.48. The van der Waals surface area contributed by atoms with Gasteiger partial charge in [0.25, 0.3) is 0 Å². The number of aryl methyl sites for hydroxylation is 2. The molecule has 0 aliphatic heterocycles. The Labute approximate surface area is 169 Å². The Kier molecular flexibility index (Phi) is 9.48. The average molecular weight is 416 g/mol. The minimum absolute atomic E-state index is 0.321. The molecular weight excluding hydrogens is 400 g/mol. The van der Waals surface area contributed by atoms with Crippen molar-refractivity contribution in [2.45, 2.75) is 13.8 Å². The third kappa shape index (κ3) is 10.6. The van der Waals surface area contributed by atoms with E-state index in [1.54, 1.807) is 42.5 Å². The summed E-state index contributed by atoms with van der Waals surface area (Å²) < 4.78 is 9.79. The van der Waals surface area contributed by atoms with Crippen LogP contribution >= 0.6 is 0 Å². The van der Waals surface area contributed by atoms with Crippen LogP contribution in [0.25, 0.3) is 0 Å². The summed E-state index contributed by atoms with van der Waals surface area (Å²) in [5, 5.41) is 26.1. The number of benzene rings is 2. The molecule has 0 fully saturated rings. The van der Waals surface area contributed by atoms with E-state index < -0.39 is 24.4 Å². The molecule has 0 radical (unpaired) electrons. The largest absolute Gasteiger partial charge is 0.462 e. The van der Waals surface area contributed by atoms with Crippen LogP contribution in [-0.4, -0.2) is 34.6 Å². The monoisotopic (exact) mass is 416 g/mol. The molecule has 30 heavy (non-hydrogen) atoms. The van der Waals surface area contributed by atoms with Gasteiger partial charge >= 0.3 is 24.4 Å². The van der Waals surface area contributed by atoms with Crippen LogP contribution in [-0.2, 0) is 0 Å². The molecule has 12 heteroatoms. The van der Waals surface area contributed by atoms with Crippen molar-refractivity contribution in [1.82, 2.24) is 0 Å². The van der Waals surface area contributed by atoms with Crippen molar-refractivity contribution in [2.24, 2.45) is 20.5 Å². The summed E-state index contributed by atoms with van der Waals surface area (Å²) in [4.78, 5) is 41.6. The SMILES string of the molecule is Cc1ccc(OC(=O)N=NC(=O)Oc2cccc(C)c2)cc1.O=C(O)N=NC(=O)O. The minimum Gasteiger partial charge on any atom is -0.462 e. The number of hydrogen-bond acceptors (Lipinski definition) is 6. The summed E-state index contributed by atoms with van der Waals surface area (Å²) in [7, 11) is 0. The topological polar surface area (TPSA) is 177 Å². The molecule has 12 nitrogen and oxygen atoms in total. The maximum absolute atomic E-state index is 11.4. The van der Waals surface area contributed by atoms with Crippen molar-refractivity contribution in [3.05, 3.63) is 59.7 Å². The zero-order valence-electron chi connectivity index (χ0n) is 15.8. The molecule has 0 aliphatic rings. The van der Waals surface area contributed by atoms with E-state index in [1.165, 1.54) is 0 Å². The summed E-state index contributed by atoms with van der Waals surface area (Å²) in [6, 6.07) is 13.7. The minimum atomic E-state index is -1.62. The molecule has 0 unspecified atom stereocenters. The van der Waals surface area contributed by atoms with Crippen LogP contribution < -0.4 is 9.47 Å². The first-order valence-electron chi connectivity index (χ1n) is 8.02. The zero-order chi connectivity index (χ0) is 22.5. The van der Waals surface area contributed by atoms with Crippen molar-refractivity contribution in [2.75, 3.05) is 0 Å². The van der Waals surface area contributed by atoms with Gasteiger partial charge in [0.1, 0.15) is 11.5 Å². The number of carboxylic acid groups (broad SMARTS) is 2. The van der Waals surface area contributed by atoms with E-state index in [0.717, 1.165) is 11.1 Å². The molecule has 0 saturated heterocycles. The van der Waals surface area contributed by atoms with Gasteiger partial charge in [-0.2, -0.15) is 0 Å². The van der Waals surface area contributed by atoms with Crippen LogP contribution in [0.4, 0.5) is 19.2 Å². The van der Waals surface area contributed by atoms with Crippen molar-refractivity contribution < 1.29 is 38.9 Å². The van der Waals surface area contributed by atoms with Crippen LogP contribution in [0.2, 0.25) is 0 Å². The maximum atomic E-state index is 11.4. The predicted molar refractivity (Wildman–Crippen MR) is 100 cm³/mol. The molecule has 2 N–H and O–H groups in total. The number of carbonyl (C=O) groups is 4. The Bertz CT molecular complexity index is 954. The van der Waals surface area contributed by atoms with Gasteiger partial charge in [-0.15, -0.1) is 0 Å². The molecular formula is C18H16N4O8. The standard InChI is InChI=1S/C16H14N2O4.C2H2N2O4/c1-11-6-8-13(9-7-11)21-15(19)17-18-16(20)22-14-5-3-4-12(2)10-14;5-1(6)3-4-2(7)8/h3-10H,1-2H3;(H,5,6)(H,7,8). The number of carbonyl (C=O) groups excluding carboxylic acids is 2. The molecule has 156 valence electrons. The highest BCUT2D eigenvalue weighted by atomic mass is 16.6. The Morgan fingerprint density at radius 2 is 1.17 bits per heavy atom. The van der Waals surface area contributed by atoms with Crippen LogP contribution in [0.3, 0.4) is 0 Å². The van der Waals surface area contributed by atoms with E-state index in [-0.39, 0.29) is 0 Å². The van der Waals surface area contributed by atoms with Gasteiger partial charge in [0.2, 0.25) is 0 Å². The molecule has 2 aromatic rings. The molecule has 0 atom stereocenters. The smallest absolute Gasteiger partial charge is 0.458 e. The second-order valence-corrected chi connectivity index (χ2v) is 5.33. The van der Waals surface area contributed by atoms with Gasteiger partial charge < -0.3 is 19.7 Å². The Morgan fingerprint density at radius 3 is 1.63 bits per heavy atom. The molecule has 4 amide bonds. The van der Waals surface area contributed by atoms with Gasteiger partial charge in [-0.1, -0.05) is 50.3 Å². The first-order valence-corrected chi connectivity index (χ1v) is 8.02. The van der Waals surface area contributed by atoms with E-state index in [2.05, 4.69) is 20.5 Å². The summed E-state index contributed by atoms with van der Waals surface area (Å²) >= 11 is 0. The first kappa shape index (κ1) is 23.6. The normalized spacial score (nSPS) is 10.2. The maximum Gasteiger partial charge on any atom is 0.458 e. The van der Waals surface area contributed by atoms with Gasteiger partial charge in [-0.05, 0) is 43.7 Å². The van der Waals surface area contributed by atoms with E-state index >= 15 is 0 Å². The van der Waals surface area contributed by atoms with Crippen LogP contribution in [0.5, 0.6) is 11.5 Å². The number of amides is 4. The number of hydrogen-bond donors (Lipinski definition) is 2. The highest BCUT2D eigenvalue weighted by Crippen LogP contribution is 2.14. The number of azo groups is 2. The lowest BCUT2D eigenvalue weighted by atomic mass is 10.2. The van der Waals surface area contributed by atoms with E-state index in [0.29, 0.717) is 11.5 Å². The van der Waals surface area contributed by atoms with Gasteiger partial charge in [0, 0.05) is 0 Å². The lowest BCUT2D eigenvalue weighted by Gasteiger charge is -2.01. The van der Waals surface area contributed by atoms with Gasteiger partial charge in [0.15, 0.2) is 0 Å². The summed E-state index contributed by atoms with van der Waals surface area (Å²) in [6.07, 6.45) is -5.23. The molecule has 0 bridgehead atoms. The molecule has 0 aliphatic carbocycles. The van der Waals surface area contributed by atoms with Crippen molar-refractivity contribution in [3.8, 4) is 11.5 Å². The lowest BCUT2D eigenvalue weighted by molar-refractivity contribution is 0.194. The fourth-order valence-electron chi connectivity index (χ4n) is 1.69. The predicted octanol–water partition coefficient (Wildman–Crippen LogP) is 5.25. The second kappa shape index (κ2) is 12.1. The fraction of sp³-hybridized carbons (Fsp3) is 0.111. The van der Waals surface area contributed by atoms with Crippen LogP contribution in [0.15, 0.2) is 69.0 Å². The molecule has 0 spiro atoms. The summed E-state index contributed by atoms with van der Waals surface area (Å²) in [5.41, 5.74) is 1.96. The summed E-state index contributed by atoms with van der Waals surface area (Å²) in [6.45, 7) is 3.77. The van der Waals surface area contributed by atoms with Crippen molar-refractivity contribution >= 4 is 24.4 Å². The second-order valence-electron chi connectivity index (χ2n) is 5.33. The third-order valence-electron chi connectivity index (χ3n) is 2.86. The average Bonchev–Trinajstić information content (AvgIpc) is 2.67. The number of ether oxygens (including phenoxy) is 2. The number of nitrogens with zero attached hydrogens (tertiary/aromatic N) is 4. The van der Waals surface area contributed by atoms with E-state index in [4.69, 9.17) is 19.7 Å². The fourth-order valence-corrected chi connectivity index (χ4v) is 1.69. The molecule has 2 aromatic carbocycles. The van der Waals surface area contributed by atoms with E-state index in [1.807, 2.05) is 19.9 Å². The first-order chi connectivity index (χ1) is 14.2.